The van der Waals surface area contributed by atoms with Crippen molar-refractivity contribution >= 4 is 28.6 Å². The smallest absolute Gasteiger partial charge is 0.234 e. The Morgan fingerprint density at radius 3 is 2.85 bits per heavy atom. The highest BCUT2D eigenvalue weighted by molar-refractivity contribution is 7.10. The Morgan fingerprint density at radius 1 is 1.15 bits per heavy atom. The molecule has 3 nitrogen and oxygen atoms in total. The lowest BCUT2D eigenvalue weighted by molar-refractivity contribution is -0.122. The summed E-state index contributed by atoms with van der Waals surface area (Å²) in [6, 6.07) is 13.0. The molecule has 2 aromatic heterocycles. The minimum absolute atomic E-state index is 0.0755. The van der Waals surface area contributed by atoms with E-state index in [-0.39, 0.29) is 24.3 Å². The standard InChI is InChI=1S/C20H19FN2OS2/c21-16-5-2-1-4-14(16)12-22-19(24)13-23-9-7-17-15(8-11-26-17)20(23)18-6-3-10-25-18/h1-6,8,10-11,20H,7,9,12-13H2,(H,22,24). The van der Waals surface area contributed by atoms with Crippen LogP contribution in [0, 0.1) is 5.82 Å². The molecule has 0 saturated heterocycles. The minimum atomic E-state index is -0.287. The minimum Gasteiger partial charge on any atom is -0.351 e. The molecule has 134 valence electrons. The van der Waals surface area contributed by atoms with E-state index >= 15 is 0 Å². The van der Waals surface area contributed by atoms with Gasteiger partial charge in [-0.2, -0.15) is 0 Å². The molecule has 0 bridgehead atoms. The summed E-state index contributed by atoms with van der Waals surface area (Å²) >= 11 is 3.51. The number of amides is 1. The van der Waals surface area contributed by atoms with Crippen LogP contribution in [0.15, 0.2) is 53.2 Å². The number of carbonyl (C=O) groups is 1. The first kappa shape index (κ1) is 17.4. The molecule has 0 saturated carbocycles. The van der Waals surface area contributed by atoms with Gasteiger partial charge in [0, 0.05) is 28.4 Å². The van der Waals surface area contributed by atoms with Gasteiger partial charge >= 0.3 is 0 Å². The number of thiophene rings is 2. The number of fused-ring (bicyclic) bond motifs is 1. The molecule has 1 atom stereocenters. The van der Waals surface area contributed by atoms with E-state index in [2.05, 4.69) is 39.2 Å². The van der Waals surface area contributed by atoms with Crippen molar-refractivity contribution in [2.24, 2.45) is 0 Å². The van der Waals surface area contributed by atoms with E-state index in [9.17, 15) is 9.18 Å². The molecule has 26 heavy (non-hydrogen) atoms. The molecule has 1 unspecified atom stereocenters. The van der Waals surface area contributed by atoms with Crippen molar-refractivity contribution in [3.8, 4) is 0 Å². The number of hydrogen-bond acceptors (Lipinski definition) is 4. The van der Waals surface area contributed by atoms with Gasteiger partial charge in [0.15, 0.2) is 0 Å². The Balaban J connectivity index is 1.46. The van der Waals surface area contributed by atoms with Crippen molar-refractivity contribution in [3.05, 3.63) is 79.9 Å². The Hall–Kier alpha value is -2.02. The summed E-state index contributed by atoms with van der Waals surface area (Å²) < 4.78 is 13.7. The van der Waals surface area contributed by atoms with E-state index in [0.717, 1.165) is 13.0 Å². The average molecular weight is 387 g/mol. The zero-order chi connectivity index (χ0) is 17.9. The maximum atomic E-state index is 13.7. The summed E-state index contributed by atoms with van der Waals surface area (Å²) in [5.41, 5.74) is 1.82. The third-order valence-electron chi connectivity index (χ3n) is 4.66. The van der Waals surface area contributed by atoms with E-state index in [4.69, 9.17) is 0 Å². The van der Waals surface area contributed by atoms with Crippen LogP contribution in [0.5, 0.6) is 0 Å². The van der Waals surface area contributed by atoms with Crippen LogP contribution >= 0.6 is 22.7 Å². The maximum Gasteiger partial charge on any atom is 0.234 e. The van der Waals surface area contributed by atoms with Crippen LogP contribution in [0.25, 0.3) is 0 Å². The second-order valence-corrected chi connectivity index (χ2v) is 8.29. The predicted molar refractivity (Wildman–Crippen MR) is 104 cm³/mol. The van der Waals surface area contributed by atoms with E-state index in [1.54, 1.807) is 40.9 Å². The van der Waals surface area contributed by atoms with E-state index in [1.807, 2.05) is 0 Å². The predicted octanol–water partition coefficient (Wildman–Crippen LogP) is 4.21. The highest BCUT2D eigenvalue weighted by Crippen LogP contribution is 2.39. The quantitative estimate of drug-likeness (QED) is 0.712. The van der Waals surface area contributed by atoms with Crippen LogP contribution < -0.4 is 5.32 Å². The Morgan fingerprint density at radius 2 is 2.04 bits per heavy atom. The first-order valence-corrected chi connectivity index (χ1v) is 10.3. The lowest BCUT2D eigenvalue weighted by Gasteiger charge is -2.34. The average Bonchev–Trinajstić information content (AvgIpc) is 3.32. The summed E-state index contributed by atoms with van der Waals surface area (Å²) in [4.78, 5) is 17.4. The van der Waals surface area contributed by atoms with Crippen LogP contribution in [0.4, 0.5) is 4.39 Å². The zero-order valence-corrected chi connectivity index (χ0v) is 15.8. The SMILES string of the molecule is O=C(CN1CCc2sccc2C1c1cccs1)NCc1ccccc1F. The molecule has 0 aliphatic carbocycles. The summed E-state index contributed by atoms with van der Waals surface area (Å²) in [5, 5.41) is 7.06. The second kappa shape index (κ2) is 7.70. The van der Waals surface area contributed by atoms with Gasteiger partial charge in [-0.05, 0) is 40.9 Å². The number of hydrogen-bond donors (Lipinski definition) is 1. The molecule has 3 aromatic rings. The molecule has 6 heteroatoms. The number of carbonyl (C=O) groups excluding carboxylic acids is 1. The van der Waals surface area contributed by atoms with Gasteiger partial charge in [-0.3, -0.25) is 9.69 Å². The number of nitrogens with zero attached hydrogens (tertiary/aromatic N) is 1. The normalized spacial score (nSPS) is 17.0. The molecular formula is C20H19FN2OS2. The van der Waals surface area contributed by atoms with Gasteiger partial charge in [-0.1, -0.05) is 24.3 Å². The lowest BCUT2D eigenvalue weighted by Crippen LogP contribution is -2.42. The molecule has 0 spiro atoms. The molecule has 4 rings (SSSR count). The maximum absolute atomic E-state index is 13.7. The lowest BCUT2D eigenvalue weighted by atomic mass is 9.98. The molecule has 3 heterocycles. The van der Waals surface area contributed by atoms with Crippen LogP contribution in [-0.2, 0) is 17.8 Å². The molecule has 1 aromatic carbocycles. The third kappa shape index (κ3) is 3.58. The topological polar surface area (TPSA) is 32.3 Å². The molecule has 1 aliphatic heterocycles. The largest absolute Gasteiger partial charge is 0.351 e. The molecule has 0 radical (unpaired) electrons. The summed E-state index contributed by atoms with van der Waals surface area (Å²) in [7, 11) is 0. The monoisotopic (exact) mass is 386 g/mol. The van der Waals surface area contributed by atoms with Gasteiger partial charge in [-0.25, -0.2) is 4.39 Å². The molecule has 1 amide bonds. The van der Waals surface area contributed by atoms with E-state index in [1.165, 1.54) is 21.4 Å². The third-order valence-corrected chi connectivity index (χ3v) is 6.58. The van der Waals surface area contributed by atoms with Gasteiger partial charge in [0.05, 0.1) is 12.6 Å². The fourth-order valence-corrected chi connectivity index (χ4v) is 5.17. The van der Waals surface area contributed by atoms with Gasteiger partial charge in [0.1, 0.15) is 5.82 Å². The van der Waals surface area contributed by atoms with Gasteiger partial charge < -0.3 is 5.32 Å². The van der Waals surface area contributed by atoms with Gasteiger partial charge in [0.25, 0.3) is 0 Å². The van der Waals surface area contributed by atoms with E-state index in [0.29, 0.717) is 12.1 Å². The summed E-state index contributed by atoms with van der Waals surface area (Å²) in [6.07, 6.45) is 0.968. The van der Waals surface area contributed by atoms with Crippen molar-refractivity contribution in [2.45, 2.75) is 19.0 Å². The highest BCUT2D eigenvalue weighted by atomic mass is 32.1. The van der Waals surface area contributed by atoms with Crippen LogP contribution in [0.1, 0.15) is 26.9 Å². The van der Waals surface area contributed by atoms with Crippen LogP contribution in [0.3, 0.4) is 0 Å². The number of rotatable bonds is 5. The Labute approximate surface area is 160 Å². The fourth-order valence-electron chi connectivity index (χ4n) is 3.39. The van der Waals surface area contributed by atoms with Crippen molar-refractivity contribution in [1.82, 2.24) is 10.2 Å². The zero-order valence-electron chi connectivity index (χ0n) is 14.2. The number of halogens is 1. The Bertz CT molecular complexity index is 891. The van der Waals surface area contributed by atoms with Gasteiger partial charge in [0.2, 0.25) is 5.91 Å². The first-order chi connectivity index (χ1) is 12.7. The first-order valence-electron chi connectivity index (χ1n) is 8.56. The molecule has 1 aliphatic rings. The van der Waals surface area contributed by atoms with Crippen molar-refractivity contribution < 1.29 is 9.18 Å². The highest BCUT2D eigenvalue weighted by Gasteiger charge is 2.31. The number of nitrogens with one attached hydrogen (secondary N) is 1. The van der Waals surface area contributed by atoms with Crippen molar-refractivity contribution in [1.29, 1.82) is 0 Å². The molecule has 0 fully saturated rings. The summed E-state index contributed by atoms with van der Waals surface area (Å²) in [5.74, 6) is -0.362. The van der Waals surface area contributed by atoms with Crippen LogP contribution in [-0.4, -0.2) is 23.9 Å². The fraction of sp³-hybridized carbons (Fsp3) is 0.250. The second-order valence-electron chi connectivity index (χ2n) is 6.31. The van der Waals surface area contributed by atoms with Crippen molar-refractivity contribution in [3.63, 3.8) is 0 Å². The van der Waals surface area contributed by atoms with E-state index < -0.39 is 0 Å². The Kier molecular flexibility index (Phi) is 5.15. The summed E-state index contributed by atoms with van der Waals surface area (Å²) in [6.45, 7) is 1.38. The van der Waals surface area contributed by atoms with Crippen LogP contribution in [0.2, 0.25) is 0 Å². The van der Waals surface area contributed by atoms with Gasteiger partial charge in [-0.15, -0.1) is 22.7 Å². The number of benzene rings is 1. The molecular weight excluding hydrogens is 367 g/mol. The van der Waals surface area contributed by atoms with Crippen molar-refractivity contribution in [2.75, 3.05) is 13.1 Å². The molecule has 1 N–H and O–H groups in total.